The van der Waals surface area contributed by atoms with Gasteiger partial charge in [-0.15, -0.1) is 0 Å². The number of nitrogens with zero attached hydrogens (tertiary/aromatic N) is 1. The maximum absolute atomic E-state index is 11.1. The van der Waals surface area contributed by atoms with Gasteiger partial charge in [0.2, 0.25) is 0 Å². The van der Waals surface area contributed by atoms with Crippen molar-refractivity contribution in [3.8, 4) is 0 Å². The van der Waals surface area contributed by atoms with E-state index in [1.54, 1.807) is 0 Å². The average molecular weight is 255 g/mol. The van der Waals surface area contributed by atoms with E-state index >= 15 is 0 Å². The molecule has 0 aromatic carbocycles. The van der Waals surface area contributed by atoms with Crippen LogP contribution in [0.2, 0.25) is 0 Å². The minimum atomic E-state index is -0.626. The van der Waals surface area contributed by atoms with Crippen molar-refractivity contribution in [2.24, 2.45) is 11.8 Å². The number of likely N-dealkylation sites (tertiary alicyclic amines) is 1. The molecule has 0 spiro atoms. The summed E-state index contributed by atoms with van der Waals surface area (Å²) in [6.07, 6.45) is 3.88. The molecule has 104 valence electrons. The normalized spacial score (nSPS) is 35.6. The van der Waals surface area contributed by atoms with E-state index in [4.69, 9.17) is 9.84 Å². The Bertz CT molecular complexity index is 289. The second kappa shape index (κ2) is 6.02. The molecule has 18 heavy (non-hydrogen) atoms. The number of ether oxygens (including phenoxy) is 1. The molecule has 0 aromatic heterocycles. The summed E-state index contributed by atoms with van der Waals surface area (Å²) in [5.41, 5.74) is 0. The minimum Gasteiger partial charge on any atom is -0.481 e. The summed E-state index contributed by atoms with van der Waals surface area (Å²) in [4.78, 5) is 13.6. The highest BCUT2D eigenvalue weighted by atomic mass is 16.5. The number of piperidine rings is 1. The van der Waals surface area contributed by atoms with Gasteiger partial charge in [-0.1, -0.05) is 6.92 Å². The van der Waals surface area contributed by atoms with Crippen LogP contribution in [0.4, 0.5) is 0 Å². The lowest BCUT2D eigenvalue weighted by atomic mass is 9.86. The first-order valence-corrected chi connectivity index (χ1v) is 7.19. The second-order valence-electron chi connectivity index (χ2n) is 5.75. The molecule has 2 saturated heterocycles. The first-order valence-electron chi connectivity index (χ1n) is 7.19. The van der Waals surface area contributed by atoms with Gasteiger partial charge in [0.15, 0.2) is 0 Å². The number of hydrogen-bond acceptors (Lipinski definition) is 3. The molecule has 2 heterocycles. The fourth-order valence-electron chi connectivity index (χ4n) is 3.60. The van der Waals surface area contributed by atoms with Gasteiger partial charge >= 0.3 is 5.97 Å². The van der Waals surface area contributed by atoms with E-state index in [0.717, 1.165) is 45.4 Å². The van der Waals surface area contributed by atoms with Gasteiger partial charge in [-0.3, -0.25) is 9.69 Å². The molecule has 2 fully saturated rings. The highest BCUT2D eigenvalue weighted by molar-refractivity contribution is 5.70. The average Bonchev–Trinajstić information content (AvgIpc) is 2.85. The summed E-state index contributed by atoms with van der Waals surface area (Å²) in [6, 6.07) is 0.947. The summed E-state index contributed by atoms with van der Waals surface area (Å²) in [5.74, 6) is -0.133. The molecular weight excluding hydrogens is 230 g/mol. The van der Waals surface area contributed by atoms with E-state index in [1.165, 1.54) is 0 Å². The van der Waals surface area contributed by atoms with Crippen molar-refractivity contribution in [2.45, 2.75) is 51.6 Å². The predicted octanol–water partition coefficient (Wildman–Crippen LogP) is 1.99. The molecule has 0 aromatic rings. The number of carboxylic acid groups (broad SMARTS) is 1. The molecule has 0 bridgehead atoms. The van der Waals surface area contributed by atoms with Gasteiger partial charge in [0.25, 0.3) is 0 Å². The Morgan fingerprint density at radius 3 is 2.78 bits per heavy atom. The Labute approximate surface area is 109 Å². The third-order valence-electron chi connectivity index (χ3n) is 4.63. The van der Waals surface area contributed by atoms with Crippen LogP contribution >= 0.6 is 0 Å². The number of hydrogen-bond donors (Lipinski definition) is 1. The lowest BCUT2D eigenvalue weighted by Crippen LogP contribution is -2.50. The molecule has 2 aliphatic rings. The molecule has 4 unspecified atom stereocenters. The van der Waals surface area contributed by atoms with Crippen molar-refractivity contribution >= 4 is 5.97 Å². The summed E-state index contributed by atoms with van der Waals surface area (Å²) in [5, 5.41) is 9.11. The van der Waals surface area contributed by atoms with Crippen LogP contribution in [0, 0.1) is 11.8 Å². The summed E-state index contributed by atoms with van der Waals surface area (Å²) in [7, 11) is 0. The molecule has 0 saturated carbocycles. The van der Waals surface area contributed by atoms with Crippen LogP contribution in [0.3, 0.4) is 0 Å². The number of aliphatic carboxylic acids is 1. The molecule has 0 radical (unpaired) electrons. The van der Waals surface area contributed by atoms with E-state index in [2.05, 4.69) is 18.7 Å². The molecule has 0 amide bonds. The summed E-state index contributed by atoms with van der Waals surface area (Å²) >= 11 is 0. The van der Waals surface area contributed by atoms with Crippen molar-refractivity contribution in [3.05, 3.63) is 0 Å². The predicted molar refractivity (Wildman–Crippen MR) is 69.5 cm³/mol. The number of carboxylic acids is 1. The van der Waals surface area contributed by atoms with Crippen LogP contribution < -0.4 is 0 Å². The van der Waals surface area contributed by atoms with E-state index < -0.39 is 5.97 Å². The first kappa shape index (κ1) is 13.8. The van der Waals surface area contributed by atoms with Crippen LogP contribution in [0.15, 0.2) is 0 Å². The third kappa shape index (κ3) is 2.86. The SMILES string of the molecule is CCC(C1CCOC1)N1CCC(C(=O)O)CC1C. The number of rotatable bonds is 4. The summed E-state index contributed by atoms with van der Waals surface area (Å²) in [6.45, 7) is 7.10. The molecular formula is C14H25NO3. The van der Waals surface area contributed by atoms with Gasteiger partial charge in [0.05, 0.1) is 12.5 Å². The first-order chi connectivity index (χ1) is 8.63. The lowest BCUT2D eigenvalue weighted by molar-refractivity contribution is -0.144. The zero-order valence-electron chi connectivity index (χ0n) is 11.5. The van der Waals surface area contributed by atoms with E-state index in [-0.39, 0.29) is 5.92 Å². The van der Waals surface area contributed by atoms with Gasteiger partial charge in [0, 0.05) is 18.7 Å². The molecule has 1 N–H and O–H groups in total. The second-order valence-corrected chi connectivity index (χ2v) is 5.75. The Hall–Kier alpha value is -0.610. The van der Waals surface area contributed by atoms with Gasteiger partial charge in [-0.2, -0.15) is 0 Å². The van der Waals surface area contributed by atoms with Crippen LogP contribution in [-0.4, -0.2) is 47.8 Å². The van der Waals surface area contributed by atoms with Crippen LogP contribution in [-0.2, 0) is 9.53 Å². The number of carbonyl (C=O) groups is 1. The van der Waals surface area contributed by atoms with Gasteiger partial charge < -0.3 is 9.84 Å². The Kier molecular flexibility index (Phi) is 4.62. The molecule has 4 nitrogen and oxygen atoms in total. The highest BCUT2D eigenvalue weighted by Crippen LogP contribution is 2.31. The van der Waals surface area contributed by atoms with Crippen molar-refractivity contribution in [1.29, 1.82) is 0 Å². The van der Waals surface area contributed by atoms with Crippen molar-refractivity contribution in [1.82, 2.24) is 4.90 Å². The fourth-order valence-corrected chi connectivity index (χ4v) is 3.60. The van der Waals surface area contributed by atoms with Crippen molar-refractivity contribution in [3.63, 3.8) is 0 Å². The van der Waals surface area contributed by atoms with Crippen molar-refractivity contribution in [2.75, 3.05) is 19.8 Å². The maximum Gasteiger partial charge on any atom is 0.306 e. The largest absolute Gasteiger partial charge is 0.481 e. The van der Waals surface area contributed by atoms with E-state index in [1.807, 2.05) is 0 Å². The zero-order valence-corrected chi connectivity index (χ0v) is 11.5. The minimum absolute atomic E-state index is 0.145. The Balaban J connectivity index is 1.97. The molecule has 2 rings (SSSR count). The lowest BCUT2D eigenvalue weighted by Gasteiger charge is -2.43. The highest BCUT2D eigenvalue weighted by Gasteiger charge is 2.36. The maximum atomic E-state index is 11.1. The Morgan fingerprint density at radius 2 is 2.28 bits per heavy atom. The van der Waals surface area contributed by atoms with Crippen LogP contribution in [0.5, 0.6) is 0 Å². The standard InChI is InChI=1S/C14H25NO3/c1-3-13(12-5-7-18-9-12)15-6-4-11(14(16)17)8-10(15)2/h10-13H,3-9H2,1-2H3,(H,16,17). The van der Waals surface area contributed by atoms with Crippen LogP contribution in [0.25, 0.3) is 0 Å². The summed E-state index contributed by atoms with van der Waals surface area (Å²) < 4.78 is 5.50. The monoisotopic (exact) mass is 255 g/mol. The Morgan fingerprint density at radius 1 is 1.50 bits per heavy atom. The fraction of sp³-hybridized carbons (Fsp3) is 0.929. The third-order valence-corrected chi connectivity index (χ3v) is 4.63. The van der Waals surface area contributed by atoms with Crippen LogP contribution in [0.1, 0.15) is 39.5 Å². The smallest absolute Gasteiger partial charge is 0.306 e. The topological polar surface area (TPSA) is 49.8 Å². The molecule has 2 aliphatic heterocycles. The molecule has 4 heteroatoms. The zero-order chi connectivity index (χ0) is 13.1. The molecule has 0 aliphatic carbocycles. The van der Waals surface area contributed by atoms with E-state index in [0.29, 0.717) is 18.0 Å². The quantitative estimate of drug-likeness (QED) is 0.834. The van der Waals surface area contributed by atoms with Gasteiger partial charge in [0.1, 0.15) is 0 Å². The van der Waals surface area contributed by atoms with Crippen molar-refractivity contribution < 1.29 is 14.6 Å². The van der Waals surface area contributed by atoms with Gasteiger partial charge in [-0.05, 0) is 45.1 Å². The molecule has 4 atom stereocenters. The van der Waals surface area contributed by atoms with E-state index in [9.17, 15) is 4.79 Å². The van der Waals surface area contributed by atoms with Gasteiger partial charge in [-0.25, -0.2) is 0 Å².